The van der Waals surface area contributed by atoms with Crippen molar-refractivity contribution in [3.05, 3.63) is 84.0 Å². The molecule has 1 amide bonds. The molecule has 4 rings (SSSR count). The van der Waals surface area contributed by atoms with Gasteiger partial charge in [0, 0.05) is 33.9 Å². The zero-order valence-electron chi connectivity index (χ0n) is 34.4. The van der Waals surface area contributed by atoms with Crippen molar-refractivity contribution in [2.45, 2.75) is 75.0 Å². The number of esters is 1. The summed E-state index contributed by atoms with van der Waals surface area (Å²) in [6.07, 6.45) is -5.63. The van der Waals surface area contributed by atoms with E-state index in [2.05, 4.69) is 31.0 Å². The number of fused-ring (bicyclic) bond motifs is 1. The number of likely N-dealkylation sites (N-methyl/N-ethyl adjacent to an activating group) is 1. The van der Waals surface area contributed by atoms with Gasteiger partial charge in [-0.05, 0) is 37.3 Å². The molecule has 0 saturated carbocycles. The van der Waals surface area contributed by atoms with Crippen LogP contribution >= 0.6 is 15.6 Å². The SMILES string of the molecule is C=CCCC(=O)N(C)[C@@H](CCCc1ccccc1)C(=O)O[C@@H]([C@@H](O)n1cnc2c(N)ncnc21)[C@@H](COP(=O)(O)O[C@@H]([C@@H](O)n1ccc(N)nc1=O)[C@@H](COP(=O)(O)O)OC)OC. The van der Waals surface area contributed by atoms with Crippen molar-refractivity contribution in [1.82, 2.24) is 34.0 Å². The molecule has 3 aromatic heterocycles. The number of nitrogen functional groups attached to an aromatic ring is 2. The van der Waals surface area contributed by atoms with Gasteiger partial charge >= 0.3 is 27.3 Å². The summed E-state index contributed by atoms with van der Waals surface area (Å²) in [5.41, 5.74) is 11.3. The number of carbonyl (C=O) groups excluding carboxylic acids is 2. The van der Waals surface area contributed by atoms with Crippen LogP contribution < -0.4 is 17.2 Å². The number of nitrogens with zero attached hydrogens (tertiary/aromatic N) is 7. The maximum absolute atomic E-state index is 14.3. The van der Waals surface area contributed by atoms with E-state index in [0.717, 1.165) is 49.3 Å². The number of aliphatic hydroxyl groups is 2. The first-order valence-corrected chi connectivity index (χ1v) is 22.0. The monoisotopic (exact) mass is 927 g/mol. The molecule has 1 aromatic carbocycles. The van der Waals surface area contributed by atoms with Crippen molar-refractivity contribution < 1.29 is 71.4 Å². The molecule has 63 heavy (non-hydrogen) atoms. The Morgan fingerprint density at radius 3 is 2.22 bits per heavy atom. The number of aromatic nitrogens is 6. The van der Waals surface area contributed by atoms with E-state index in [4.69, 9.17) is 34.7 Å². The number of hydrogen-bond acceptors (Lipinski definition) is 19. The Hall–Kier alpha value is -5.01. The molecule has 0 fully saturated rings. The molecule has 0 aliphatic heterocycles. The van der Waals surface area contributed by atoms with Crippen LogP contribution in [0.4, 0.5) is 11.6 Å². The minimum absolute atomic E-state index is 0.0194. The molecule has 0 saturated heterocycles. The number of aryl methyl sites for hydroxylation is 1. The second-order valence-corrected chi connectivity index (χ2v) is 16.4. The van der Waals surface area contributed by atoms with Crippen LogP contribution in [0.3, 0.4) is 0 Å². The second kappa shape index (κ2) is 23.1. The lowest BCUT2D eigenvalue weighted by atomic mass is 10.0. The van der Waals surface area contributed by atoms with E-state index in [-0.39, 0.29) is 35.6 Å². The molecule has 25 nitrogen and oxygen atoms in total. The van der Waals surface area contributed by atoms with Gasteiger partial charge < -0.3 is 55.5 Å². The number of phosphoric acid groups is 2. The van der Waals surface area contributed by atoms with Crippen LogP contribution in [-0.2, 0) is 52.9 Å². The summed E-state index contributed by atoms with van der Waals surface area (Å²) in [6, 6.07) is 9.25. The fourth-order valence-corrected chi connectivity index (χ4v) is 7.46. The summed E-state index contributed by atoms with van der Waals surface area (Å²) >= 11 is 0. The van der Waals surface area contributed by atoms with Gasteiger partial charge in [0.15, 0.2) is 30.0 Å². The number of hydrogen-bond donors (Lipinski definition) is 7. The number of rotatable bonds is 26. The van der Waals surface area contributed by atoms with Gasteiger partial charge in [0.2, 0.25) is 5.91 Å². The van der Waals surface area contributed by atoms with Gasteiger partial charge in [0.1, 0.15) is 42.0 Å². The number of amides is 1. The van der Waals surface area contributed by atoms with Crippen molar-refractivity contribution in [2.24, 2.45) is 0 Å². The Morgan fingerprint density at radius 1 is 0.937 bits per heavy atom. The van der Waals surface area contributed by atoms with E-state index in [9.17, 15) is 48.4 Å². The van der Waals surface area contributed by atoms with Gasteiger partial charge in [-0.15, -0.1) is 6.58 Å². The lowest BCUT2D eigenvalue weighted by Crippen LogP contribution is -2.48. The fraction of sp³-hybridized carbons (Fsp3) is 0.472. The summed E-state index contributed by atoms with van der Waals surface area (Å²) < 4.78 is 58.5. The molecule has 0 radical (unpaired) electrons. The minimum Gasteiger partial charge on any atom is -0.453 e. The van der Waals surface area contributed by atoms with Crippen molar-refractivity contribution in [3.63, 3.8) is 0 Å². The Morgan fingerprint density at radius 2 is 1.59 bits per heavy atom. The average Bonchev–Trinajstić information content (AvgIpc) is 3.68. The molecular formula is C36H51N9O16P2. The molecule has 4 aromatic rings. The molecular weight excluding hydrogens is 876 g/mol. The Kier molecular flexibility index (Phi) is 18.5. The number of aliphatic hydroxyl groups excluding tert-OH is 2. The van der Waals surface area contributed by atoms with Crippen LogP contribution in [0.1, 0.15) is 43.7 Å². The molecule has 346 valence electrons. The number of nitrogens with two attached hydrogens (primary N) is 2. The molecule has 0 aliphatic carbocycles. The summed E-state index contributed by atoms with van der Waals surface area (Å²) in [5.74, 6) is -1.74. The second-order valence-electron chi connectivity index (χ2n) is 13.7. The van der Waals surface area contributed by atoms with E-state index in [1.807, 2.05) is 30.3 Å². The lowest BCUT2D eigenvalue weighted by Gasteiger charge is -2.34. The third-order valence-corrected chi connectivity index (χ3v) is 11.0. The zero-order chi connectivity index (χ0) is 46.5. The smallest absolute Gasteiger partial charge is 0.453 e. The van der Waals surface area contributed by atoms with Crippen LogP contribution in [0.15, 0.2) is 72.7 Å². The molecule has 8 atom stereocenters. The summed E-state index contributed by atoms with van der Waals surface area (Å²) in [7, 11) is -7.24. The topological polar surface area (TPSA) is 359 Å². The number of ether oxygens (including phenoxy) is 3. The Labute approximate surface area is 360 Å². The lowest BCUT2D eigenvalue weighted by molar-refractivity contribution is -0.183. The molecule has 1 unspecified atom stereocenters. The number of phosphoric ester groups is 2. The van der Waals surface area contributed by atoms with Crippen LogP contribution in [0, 0.1) is 0 Å². The highest BCUT2D eigenvalue weighted by atomic mass is 31.2. The van der Waals surface area contributed by atoms with Crippen LogP contribution in [0.2, 0.25) is 0 Å². The quantitative estimate of drug-likeness (QED) is 0.0257. The summed E-state index contributed by atoms with van der Waals surface area (Å²) in [4.78, 5) is 86.7. The number of allylic oxidation sites excluding steroid dienone is 1. The first-order chi connectivity index (χ1) is 29.8. The van der Waals surface area contributed by atoms with Gasteiger partial charge in [0.25, 0.3) is 0 Å². The Bertz CT molecular complexity index is 2300. The van der Waals surface area contributed by atoms with Gasteiger partial charge in [-0.3, -0.25) is 27.5 Å². The van der Waals surface area contributed by atoms with Crippen LogP contribution in [0.25, 0.3) is 11.2 Å². The standard InChI is InChI=1S/C36H51N9O16P2/c1-5-6-15-27(46)43(2)23(14-10-13-22-11-8-7-9-12-22)35(49)60-29(33(47)45-21-41-28-31(38)39-20-40-32(28)45)24(56-3)19-59-63(54,55)61-30(25(57-4)18-58-62(51,52)53)34(48)44-17-16-26(37)42-36(44)50/h5,7-9,11-12,16-17,20-21,23-25,29-30,33-34,47-48H,1,6,10,13-15,18-19H2,2-4H3,(H,54,55)(H2,37,42,50)(H2,38,39,40)(H2,51,52,53)/t23-,24+,25+,29+,30+,33+,34+/m0/s1. The fourth-order valence-electron chi connectivity index (χ4n) is 6.17. The normalized spacial score (nSPS) is 16.3. The van der Waals surface area contributed by atoms with Crippen LogP contribution in [0.5, 0.6) is 0 Å². The van der Waals surface area contributed by atoms with E-state index in [1.54, 1.807) is 6.08 Å². The first kappa shape index (κ1) is 50.6. The van der Waals surface area contributed by atoms with E-state index >= 15 is 0 Å². The van der Waals surface area contributed by atoms with Gasteiger partial charge in [-0.1, -0.05) is 36.4 Å². The summed E-state index contributed by atoms with van der Waals surface area (Å²) in [6.45, 7) is 1.55. The number of benzene rings is 1. The third-order valence-electron chi connectivity index (χ3n) is 9.53. The maximum atomic E-state index is 14.3. The van der Waals surface area contributed by atoms with Crippen molar-refractivity contribution in [3.8, 4) is 0 Å². The van der Waals surface area contributed by atoms with Crippen molar-refractivity contribution in [1.29, 1.82) is 0 Å². The van der Waals surface area contributed by atoms with Gasteiger partial charge in [-0.25, -0.2) is 33.7 Å². The summed E-state index contributed by atoms with van der Waals surface area (Å²) in [5, 5.41) is 23.1. The van der Waals surface area contributed by atoms with Crippen molar-refractivity contribution >= 4 is 50.3 Å². The number of imidazole rings is 1. The largest absolute Gasteiger partial charge is 0.472 e. The molecule has 9 N–H and O–H groups in total. The van der Waals surface area contributed by atoms with Gasteiger partial charge in [0.05, 0.1) is 19.5 Å². The number of methoxy groups -OCH3 is 2. The number of anilines is 2. The van der Waals surface area contributed by atoms with Crippen molar-refractivity contribution in [2.75, 3.05) is 45.9 Å². The predicted octanol–water partition coefficient (Wildman–Crippen LogP) is 0.599. The highest BCUT2D eigenvalue weighted by Crippen LogP contribution is 2.48. The predicted molar refractivity (Wildman–Crippen MR) is 221 cm³/mol. The number of carbonyl (C=O) groups is 2. The molecule has 3 heterocycles. The van der Waals surface area contributed by atoms with Gasteiger partial charge in [-0.2, -0.15) is 4.98 Å². The zero-order valence-corrected chi connectivity index (χ0v) is 36.2. The van der Waals surface area contributed by atoms with Crippen LogP contribution in [-0.4, -0.2) is 136 Å². The molecule has 0 bridgehead atoms. The van der Waals surface area contributed by atoms with E-state index < -0.39 is 89.3 Å². The van der Waals surface area contributed by atoms with E-state index in [1.165, 1.54) is 11.9 Å². The van der Waals surface area contributed by atoms with E-state index in [0.29, 0.717) is 23.8 Å². The highest BCUT2D eigenvalue weighted by molar-refractivity contribution is 7.47. The third kappa shape index (κ3) is 14.2. The molecule has 0 spiro atoms. The Balaban J connectivity index is 1.68. The highest BCUT2D eigenvalue weighted by Gasteiger charge is 2.43. The average molecular weight is 928 g/mol. The first-order valence-electron chi connectivity index (χ1n) is 19.0. The molecule has 0 aliphatic rings. The maximum Gasteiger partial charge on any atom is 0.472 e. The minimum atomic E-state index is -5.53. The molecule has 27 heteroatoms.